The Hall–Kier alpha value is -3.10. The zero-order valence-electron chi connectivity index (χ0n) is 19.5. The number of nitrogens with one attached hydrogen (secondary N) is 1. The topological polar surface area (TPSA) is 71.5 Å². The number of amides is 2. The van der Waals surface area contributed by atoms with Gasteiger partial charge in [0.2, 0.25) is 5.91 Å². The van der Waals surface area contributed by atoms with Gasteiger partial charge in [0.05, 0.1) is 12.0 Å². The van der Waals surface area contributed by atoms with Crippen LogP contribution >= 0.6 is 0 Å². The van der Waals surface area contributed by atoms with E-state index >= 15 is 0 Å². The molecule has 0 radical (unpaired) electrons. The van der Waals surface area contributed by atoms with Crippen molar-refractivity contribution in [3.8, 4) is 5.75 Å². The Kier molecular flexibility index (Phi) is 7.93. The number of carbonyl (C=O) groups excluding carboxylic acids is 2. The first kappa shape index (κ1) is 25.0. The van der Waals surface area contributed by atoms with Crippen molar-refractivity contribution in [1.82, 2.24) is 15.2 Å². The molecule has 6 nitrogen and oxygen atoms in total. The fraction of sp³-hybridized carbons (Fsp3) is 0.500. The van der Waals surface area contributed by atoms with Crippen molar-refractivity contribution >= 4 is 11.8 Å². The molecule has 0 unspecified atom stereocenters. The summed E-state index contributed by atoms with van der Waals surface area (Å²) in [5.41, 5.74) is 1.13. The van der Waals surface area contributed by atoms with Gasteiger partial charge < -0.3 is 15.0 Å². The van der Waals surface area contributed by atoms with Gasteiger partial charge in [-0.3, -0.25) is 9.59 Å². The minimum Gasteiger partial charge on any atom is -0.489 e. The van der Waals surface area contributed by atoms with E-state index in [2.05, 4.69) is 10.3 Å². The van der Waals surface area contributed by atoms with E-state index in [1.165, 1.54) is 6.20 Å². The molecule has 1 aliphatic carbocycles. The van der Waals surface area contributed by atoms with Crippen LogP contribution in [0.5, 0.6) is 5.75 Å². The minimum atomic E-state index is -4.19. The van der Waals surface area contributed by atoms with Crippen LogP contribution in [-0.4, -0.2) is 47.1 Å². The number of carbonyl (C=O) groups is 2. The number of pyridine rings is 1. The summed E-state index contributed by atoms with van der Waals surface area (Å²) in [6.45, 7) is 1.13. The highest BCUT2D eigenvalue weighted by atomic mass is 19.4. The van der Waals surface area contributed by atoms with Gasteiger partial charge >= 0.3 is 6.18 Å². The number of aromatic nitrogens is 1. The number of ether oxygens (including phenoxy) is 1. The van der Waals surface area contributed by atoms with E-state index in [0.29, 0.717) is 18.8 Å². The Morgan fingerprint density at radius 1 is 1.03 bits per heavy atom. The largest absolute Gasteiger partial charge is 0.489 e. The Labute approximate surface area is 202 Å². The summed E-state index contributed by atoms with van der Waals surface area (Å²) < 4.78 is 44.9. The molecule has 1 atom stereocenters. The normalized spacial score (nSPS) is 22.6. The fourth-order valence-electron chi connectivity index (χ4n) is 4.93. The smallest absolute Gasteiger partial charge is 0.391 e. The lowest BCUT2D eigenvalue weighted by atomic mass is 9.81. The van der Waals surface area contributed by atoms with Crippen molar-refractivity contribution in [3.05, 3.63) is 59.9 Å². The van der Waals surface area contributed by atoms with Crippen LogP contribution in [0.2, 0.25) is 0 Å². The van der Waals surface area contributed by atoms with Crippen molar-refractivity contribution < 1.29 is 27.5 Å². The van der Waals surface area contributed by atoms with Gasteiger partial charge in [0.25, 0.3) is 5.91 Å². The van der Waals surface area contributed by atoms with E-state index in [-0.39, 0.29) is 61.8 Å². The van der Waals surface area contributed by atoms with Crippen molar-refractivity contribution in [2.24, 2.45) is 11.8 Å². The molecule has 1 saturated carbocycles. The highest BCUT2D eigenvalue weighted by Gasteiger charge is 2.44. The zero-order chi connectivity index (χ0) is 24.8. The number of likely N-dealkylation sites (tertiary alicyclic amines) is 1. The number of nitrogens with zero attached hydrogens (tertiary/aromatic N) is 2. The van der Waals surface area contributed by atoms with Crippen molar-refractivity contribution in [3.63, 3.8) is 0 Å². The lowest BCUT2D eigenvalue weighted by Crippen LogP contribution is -2.44. The molecular weight excluding hydrogens is 459 g/mol. The van der Waals surface area contributed by atoms with Gasteiger partial charge in [-0.05, 0) is 56.2 Å². The molecule has 2 fully saturated rings. The van der Waals surface area contributed by atoms with E-state index in [0.717, 1.165) is 18.4 Å². The first-order valence-corrected chi connectivity index (χ1v) is 12.1. The van der Waals surface area contributed by atoms with Gasteiger partial charge in [0.15, 0.2) is 11.4 Å². The van der Waals surface area contributed by atoms with E-state index in [4.69, 9.17) is 4.74 Å². The molecule has 1 aromatic heterocycles. The molecule has 188 valence electrons. The summed E-state index contributed by atoms with van der Waals surface area (Å²) in [6, 6.07) is 12.7. The molecular formula is C26H30F3N3O3. The van der Waals surface area contributed by atoms with Gasteiger partial charge in [-0.15, -0.1) is 0 Å². The summed E-state index contributed by atoms with van der Waals surface area (Å²) >= 11 is 0. The first-order valence-electron chi connectivity index (χ1n) is 12.1. The van der Waals surface area contributed by atoms with Gasteiger partial charge in [-0.25, -0.2) is 4.98 Å². The molecule has 2 aromatic rings. The number of hydrogen-bond acceptors (Lipinski definition) is 4. The summed E-state index contributed by atoms with van der Waals surface area (Å²) in [6.07, 6.45) is -0.560. The van der Waals surface area contributed by atoms with Gasteiger partial charge in [-0.2, -0.15) is 13.2 Å². The molecule has 4 rings (SSSR count). The van der Waals surface area contributed by atoms with Gasteiger partial charge in [0.1, 0.15) is 6.61 Å². The van der Waals surface area contributed by atoms with Crippen LogP contribution in [-0.2, 0) is 11.3 Å². The van der Waals surface area contributed by atoms with Crippen molar-refractivity contribution in [1.29, 1.82) is 0 Å². The summed E-state index contributed by atoms with van der Waals surface area (Å²) in [7, 11) is 0. The first-order chi connectivity index (χ1) is 16.8. The summed E-state index contributed by atoms with van der Waals surface area (Å²) in [5.74, 6) is -1.77. The lowest BCUT2D eigenvalue weighted by molar-refractivity contribution is -0.185. The monoisotopic (exact) mass is 489 g/mol. The Bertz CT molecular complexity index is 1010. The quantitative estimate of drug-likeness (QED) is 0.609. The van der Waals surface area contributed by atoms with Gasteiger partial charge in [0, 0.05) is 25.2 Å². The number of halogens is 3. The molecule has 0 bridgehead atoms. The number of rotatable bonds is 7. The van der Waals surface area contributed by atoms with Crippen LogP contribution < -0.4 is 10.1 Å². The maximum absolute atomic E-state index is 13.1. The molecule has 1 saturated heterocycles. The highest BCUT2D eigenvalue weighted by Crippen LogP contribution is 2.40. The van der Waals surface area contributed by atoms with Crippen molar-refractivity contribution in [2.45, 2.75) is 57.3 Å². The summed E-state index contributed by atoms with van der Waals surface area (Å²) in [5, 5.41) is 2.84. The van der Waals surface area contributed by atoms with E-state index in [1.807, 2.05) is 30.3 Å². The molecule has 2 aliphatic rings. The molecule has 2 amide bonds. The summed E-state index contributed by atoms with van der Waals surface area (Å²) in [4.78, 5) is 31.7. The lowest BCUT2D eigenvalue weighted by Gasteiger charge is -2.33. The number of alkyl halides is 3. The molecule has 9 heteroatoms. The molecule has 1 aromatic carbocycles. The Balaban J connectivity index is 1.33. The standard InChI is InChI=1S/C26H30F3N3O3/c27-26(28,29)20-12-10-19(11-13-20)25(34)32-15-5-8-21(32)17-35-22-9-4-14-30-23(22)24(33)31-16-18-6-2-1-3-7-18/h1-4,6-7,9,14,19-21H,5,8,10-13,15-17H2,(H,31,33)/t19?,20?,21-/m1/s1. The number of benzene rings is 1. The third kappa shape index (κ3) is 6.32. The highest BCUT2D eigenvalue weighted by molar-refractivity contribution is 5.94. The second-order valence-corrected chi connectivity index (χ2v) is 9.25. The van der Waals surface area contributed by atoms with Crippen LogP contribution in [0.15, 0.2) is 48.7 Å². The van der Waals surface area contributed by atoms with E-state index in [1.54, 1.807) is 17.0 Å². The maximum Gasteiger partial charge on any atom is 0.391 e. The zero-order valence-corrected chi connectivity index (χ0v) is 19.5. The van der Waals surface area contributed by atoms with Crippen molar-refractivity contribution in [2.75, 3.05) is 13.2 Å². The van der Waals surface area contributed by atoms with Crippen LogP contribution in [0.3, 0.4) is 0 Å². The molecule has 35 heavy (non-hydrogen) atoms. The maximum atomic E-state index is 13.1. The van der Waals surface area contributed by atoms with Crippen LogP contribution in [0.25, 0.3) is 0 Å². The number of hydrogen-bond donors (Lipinski definition) is 1. The average Bonchev–Trinajstić information content (AvgIpc) is 3.34. The Morgan fingerprint density at radius 3 is 2.49 bits per heavy atom. The second-order valence-electron chi connectivity index (χ2n) is 9.25. The third-order valence-corrected chi connectivity index (χ3v) is 6.91. The fourth-order valence-corrected chi connectivity index (χ4v) is 4.93. The minimum absolute atomic E-state index is 0.00600. The van der Waals surface area contributed by atoms with Gasteiger partial charge in [-0.1, -0.05) is 30.3 Å². The average molecular weight is 490 g/mol. The third-order valence-electron chi connectivity index (χ3n) is 6.91. The second kappa shape index (κ2) is 11.1. The Morgan fingerprint density at radius 2 is 1.77 bits per heavy atom. The van der Waals surface area contributed by atoms with E-state index < -0.39 is 12.1 Å². The SMILES string of the molecule is O=C(NCc1ccccc1)c1ncccc1OC[C@H]1CCCN1C(=O)C1CCC(C(F)(F)F)CC1. The molecule has 1 aliphatic heterocycles. The molecule has 2 heterocycles. The molecule has 1 N–H and O–H groups in total. The predicted molar refractivity (Wildman–Crippen MR) is 124 cm³/mol. The van der Waals surface area contributed by atoms with Crippen LogP contribution in [0, 0.1) is 11.8 Å². The van der Waals surface area contributed by atoms with Crippen LogP contribution in [0.4, 0.5) is 13.2 Å². The van der Waals surface area contributed by atoms with Crippen LogP contribution in [0.1, 0.15) is 54.6 Å². The van der Waals surface area contributed by atoms with E-state index in [9.17, 15) is 22.8 Å². The predicted octanol–water partition coefficient (Wildman–Crippen LogP) is 4.75. The molecule has 0 spiro atoms.